The Morgan fingerprint density at radius 1 is 1.56 bits per heavy atom. The van der Waals surface area contributed by atoms with Crippen molar-refractivity contribution in [3.05, 3.63) is 35.4 Å². The fraction of sp³-hybridized carbons (Fsp3) is 0.462. The molecule has 1 fully saturated rings. The first kappa shape index (κ1) is 11.5. The van der Waals surface area contributed by atoms with E-state index < -0.39 is 0 Å². The van der Waals surface area contributed by atoms with Crippen LogP contribution in [-0.4, -0.2) is 16.5 Å². The molecule has 0 unspecified atom stereocenters. The fourth-order valence-electron chi connectivity index (χ4n) is 1.80. The molecule has 0 radical (unpaired) electrons. The number of benzene rings is 1. The van der Waals surface area contributed by atoms with Crippen LogP contribution in [0.4, 0.5) is 0 Å². The maximum atomic E-state index is 8.81. The minimum Gasteiger partial charge on any atom is -0.308 e. The van der Waals surface area contributed by atoms with Gasteiger partial charge in [0.05, 0.1) is 11.6 Å². The Balaban J connectivity index is 1.93. The van der Waals surface area contributed by atoms with Gasteiger partial charge in [-0.05, 0) is 31.5 Å². The summed E-state index contributed by atoms with van der Waals surface area (Å²) in [4.78, 5) is 0. The third-order valence-corrected chi connectivity index (χ3v) is 4.60. The van der Waals surface area contributed by atoms with E-state index in [1.807, 2.05) is 30.0 Å². The average Bonchev–Trinajstić information content (AvgIpc) is 2.28. The van der Waals surface area contributed by atoms with Crippen molar-refractivity contribution >= 4 is 11.8 Å². The second-order valence-corrected chi connectivity index (χ2v) is 6.33. The van der Waals surface area contributed by atoms with Gasteiger partial charge in [-0.1, -0.05) is 12.1 Å². The second kappa shape index (κ2) is 4.48. The number of nitriles is 1. The van der Waals surface area contributed by atoms with Gasteiger partial charge in [0, 0.05) is 23.1 Å². The molecule has 1 saturated heterocycles. The first-order chi connectivity index (χ1) is 7.62. The van der Waals surface area contributed by atoms with Gasteiger partial charge in [0.1, 0.15) is 0 Å². The quantitative estimate of drug-likeness (QED) is 0.870. The minimum atomic E-state index is 0.354. The largest absolute Gasteiger partial charge is 0.308 e. The summed E-state index contributed by atoms with van der Waals surface area (Å²) in [6.07, 6.45) is 0. The van der Waals surface area contributed by atoms with E-state index in [4.69, 9.17) is 5.26 Å². The van der Waals surface area contributed by atoms with Crippen molar-refractivity contribution in [1.29, 1.82) is 5.26 Å². The van der Waals surface area contributed by atoms with Crippen LogP contribution in [0.3, 0.4) is 0 Å². The average molecular weight is 232 g/mol. The van der Waals surface area contributed by atoms with Crippen LogP contribution in [-0.2, 0) is 6.54 Å². The maximum absolute atomic E-state index is 8.81. The zero-order valence-corrected chi connectivity index (χ0v) is 10.5. The van der Waals surface area contributed by atoms with Gasteiger partial charge in [-0.25, -0.2) is 0 Å². The molecular weight excluding hydrogens is 216 g/mol. The van der Waals surface area contributed by atoms with Gasteiger partial charge in [0.2, 0.25) is 0 Å². The smallest absolute Gasteiger partial charge is 0.0991 e. The van der Waals surface area contributed by atoms with Crippen LogP contribution in [0.2, 0.25) is 0 Å². The lowest BCUT2D eigenvalue weighted by molar-refractivity contribution is 0.436. The summed E-state index contributed by atoms with van der Waals surface area (Å²) in [6, 6.07) is 10.5. The van der Waals surface area contributed by atoms with Gasteiger partial charge >= 0.3 is 0 Å². The van der Waals surface area contributed by atoms with Crippen molar-refractivity contribution in [2.24, 2.45) is 0 Å². The predicted molar refractivity (Wildman–Crippen MR) is 68.3 cm³/mol. The Hall–Kier alpha value is -0.980. The van der Waals surface area contributed by atoms with Gasteiger partial charge in [-0.15, -0.1) is 0 Å². The lowest BCUT2D eigenvalue weighted by atomic mass is 10.0. The summed E-state index contributed by atoms with van der Waals surface area (Å²) >= 11 is 2.00. The highest BCUT2D eigenvalue weighted by atomic mass is 32.2. The molecule has 2 rings (SSSR count). The topological polar surface area (TPSA) is 35.8 Å². The fourth-order valence-corrected chi connectivity index (χ4v) is 3.00. The molecule has 16 heavy (non-hydrogen) atoms. The molecule has 2 nitrogen and oxygen atoms in total. The van der Waals surface area contributed by atoms with Crippen LogP contribution >= 0.6 is 11.8 Å². The molecule has 0 aromatic heterocycles. The molecule has 1 heterocycles. The molecule has 0 saturated carbocycles. The molecule has 1 N–H and O–H groups in total. The lowest BCUT2D eigenvalue weighted by Gasteiger charge is -2.44. The first-order valence-electron chi connectivity index (χ1n) is 5.48. The molecule has 1 aromatic carbocycles. The van der Waals surface area contributed by atoms with Crippen LogP contribution in [0.5, 0.6) is 0 Å². The van der Waals surface area contributed by atoms with Crippen molar-refractivity contribution in [2.75, 3.05) is 5.75 Å². The zero-order chi connectivity index (χ0) is 11.6. The molecule has 1 atom stereocenters. The Morgan fingerprint density at radius 3 is 2.94 bits per heavy atom. The normalized spacial score (nSPS) is 22.2. The Kier molecular flexibility index (Phi) is 3.22. The van der Waals surface area contributed by atoms with Crippen molar-refractivity contribution in [3.8, 4) is 6.07 Å². The molecule has 0 aliphatic carbocycles. The van der Waals surface area contributed by atoms with E-state index in [2.05, 4.69) is 31.3 Å². The molecule has 0 spiro atoms. The third-order valence-electron chi connectivity index (χ3n) is 3.07. The Bertz CT molecular complexity index is 420. The molecule has 1 aromatic rings. The number of nitrogens with one attached hydrogen (secondary N) is 1. The van der Waals surface area contributed by atoms with E-state index in [-0.39, 0.29) is 0 Å². The van der Waals surface area contributed by atoms with Crippen LogP contribution in [0.25, 0.3) is 0 Å². The summed E-state index contributed by atoms with van der Waals surface area (Å²) in [6.45, 7) is 5.39. The van der Waals surface area contributed by atoms with Crippen LogP contribution in [0.15, 0.2) is 24.3 Å². The van der Waals surface area contributed by atoms with E-state index in [9.17, 15) is 0 Å². The molecule has 1 aliphatic heterocycles. The van der Waals surface area contributed by atoms with Crippen molar-refractivity contribution in [1.82, 2.24) is 5.32 Å². The van der Waals surface area contributed by atoms with Crippen molar-refractivity contribution in [3.63, 3.8) is 0 Å². The summed E-state index contributed by atoms with van der Waals surface area (Å²) in [7, 11) is 0. The second-order valence-electron chi connectivity index (χ2n) is 4.66. The monoisotopic (exact) mass is 232 g/mol. The molecule has 1 aliphatic rings. The standard InChI is InChI=1S/C13H16N2S/c1-13(2)12(9-16-13)15-8-11-5-3-4-10(6-11)7-14/h3-6,12,15H,8-9H2,1-2H3/t12-/m0/s1. The molecular formula is C13H16N2S. The number of rotatable bonds is 3. The lowest BCUT2D eigenvalue weighted by Crippen LogP contribution is -2.54. The van der Waals surface area contributed by atoms with E-state index in [1.165, 1.54) is 11.3 Å². The minimum absolute atomic E-state index is 0.354. The molecule has 3 heteroatoms. The SMILES string of the molecule is CC1(C)SC[C@@H]1NCc1cccc(C#N)c1. The number of nitrogens with zero attached hydrogens (tertiary/aromatic N) is 1. The van der Waals surface area contributed by atoms with Gasteiger partial charge in [-0.3, -0.25) is 0 Å². The number of thioether (sulfide) groups is 1. The van der Waals surface area contributed by atoms with E-state index in [0.29, 0.717) is 10.8 Å². The summed E-state index contributed by atoms with van der Waals surface area (Å²) < 4.78 is 0.354. The summed E-state index contributed by atoms with van der Waals surface area (Å²) in [5, 5.41) is 12.4. The van der Waals surface area contributed by atoms with Gasteiger partial charge in [-0.2, -0.15) is 17.0 Å². The van der Waals surface area contributed by atoms with E-state index >= 15 is 0 Å². The zero-order valence-electron chi connectivity index (χ0n) is 9.66. The van der Waals surface area contributed by atoms with Gasteiger partial charge in [0.15, 0.2) is 0 Å². The molecule has 0 amide bonds. The van der Waals surface area contributed by atoms with Gasteiger partial charge < -0.3 is 5.32 Å². The Morgan fingerprint density at radius 2 is 2.38 bits per heavy atom. The summed E-state index contributed by atoms with van der Waals surface area (Å²) in [5.74, 6) is 1.19. The highest BCUT2D eigenvalue weighted by Gasteiger charge is 2.38. The number of hydrogen-bond acceptors (Lipinski definition) is 3. The van der Waals surface area contributed by atoms with Crippen LogP contribution in [0, 0.1) is 11.3 Å². The molecule has 84 valence electrons. The predicted octanol–water partition coefficient (Wildman–Crippen LogP) is 2.54. The van der Waals surface area contributed by atoms with Crippen molar-refractivity contribution < 1.29 is 0 Å². The maximum Gasteiger partial charge on any atom is 0.0991 e. The number of hydrogen-bond donors (Lipinski definition) is 1. The van der Waals surface area contributed by atoms with Gasteiger partial charge in [0.25, 0.3) is 0 Å². The Labute approximate surface area is 101 Å². The highest BCUT2D eigenvalue weighted by molar-refractivity contribution is 8.02. The van der Waals surface area contributed by atoms with E-state index in [0.717, 1.165) is 12.1 Å². The van der Waals surface area contributed by atoms with Crippen LogP contribution < -0.4 is 5.32 Å². The van der Waals surface area contributed by atoms with Crippen LogP contribution in [0.1, 0.15) is 25.0 Å². The van der Waals surface area contributed by atoms with E-state index in [1.54, 1.807) is 0 Å². The molecule has 0 bridgehead atoms. The van der Waals surface area contributed by atoms with Crippen molar-refractivity contribution in [2.45, 2.75) is 31.2 Å². The first-order valence-corrected chi connectivity index (χ1v) is 6.47. The third kappa shape index (κ3) is 2.40. The highest BCUT2D eigenvalue weighted by Crippen LogP contribution is 2.39. The summed E-state index contributed by atoms with van der Waals surface area (Å²) in [5.41, 5.74) is 1.92.